The van der Waals surface area contributed by atoms with Gasteiger partial charge in [0.2, 0.25) is 0 Å². The van der Waals surface area contributed by atoms with Crippen molar-refractivity contribution in [3.05, 3.63) is 65.2 Å². The second kappa shape index (κ2) is 7.99. The fourth-order valence-electron chi connectivity index (χ4n) is 2.33. The summed E-state index contributed by atoms with van der Waals surface area (Å²) in [6.07, 6.45) is 4.55. The van der Waals surface area contributed by atoms with Crippen LogP contribution in [0.25, 0.3) is 0 Å². The first-order chi connectivity index (χ1) is 10.7. The number of hydrogen-bond donors (Lipinski definition) is 0. The van der Waals surface area contributed by atoms with Gasteiger partial charge < -0.3 is 4.74 Å². The maximum Gasteiger partial charge on any atom is 0.292 e. The highest BCUT2D eigenvalue weighted by atomic mass is 16.5. The van der Waals surface area contributed by atoms with Crippen LogP contribution in [0.3, 0.4) is 0 Å². The largest absolute Gasteiger partial charge is 0.388 e. The lowest BCUT2D eigenvalue weighted by Gasteiger charge is -2.05. The maximum absolute atomic E-state index is 11.6. The van der Waals surface area contributed by atoms with E-state index in [0.29, 0.717) is 24.4 Å². The van der Waals surface area contributed by atoms with Crippen molar-refractivity contribution in [1.29, 1.82) is 5.26 Å². The molecule has 22 heavy (non-hydrogen) atoms. The number of nitrogens with zero attached hydrogens (tertiary/aromatic N) is 1. The van der Waals surface area contributed by atoms with E-state index >= 15 is 0 Å². The van der Waals surface area contributed by atoms with Gasteiger partial charge in [-0.15, -0.1) is 5.26 Å². The normalized spacial score (nSPS) is 10.0. The van der Waals surface area contributed by atoms with E-state index in [-0.39, 0.29) is 0 Å². The number of ketones is 1. The molecule has 0 fully saturated rings. The Balaban J connectivity index is 1.96. The van der Waals surface area contributed by atoms with Gasteiger partial charge in [0.25, 0.3) is 6.26 Å². The summed E-state index contributed by atoms with van der Waals surface area (Å²) in [7, 11) is 0. The van der Waals surface area contributed by atoms with Crippen LogP contribution in [0.5, 0.6) is 5.75 Å². The lowest BCUT2D eigenvalue weighted by molar-refractivity contribution is -0.118. The van der Waals surface area contributed by atoms with E-state index in [9.17, 15) is 4.79 Å². The molecule has 2 aromatic rings. The van der Waals surface area contributed by atoms with Crippen molar-refractivity contribution >= 4 is 5.78 Å². The summed E-state index contributed by atoms with van der Waals surface area (Å²) in [5.74, 6) is 0.847. The smallest absolute Gasteiger partial charge is 0.292 e. The van der Waals surface area contributed by atoms with E-state index in [2.05, 4.69) is 12.1 Å². The van der Waals surface area contributed by atoms with Gasteiger partial charge in [-0.25, -0.2) is 0 Å². The number of hydrogen-bond acceptors (Lipinski definition) is 3. The van der Waals surface area contributed by atoms with Crippen molar-refractivity contribution < 1.29 is 9.53 Å². The van der Waals surface area contributed by atoms with Crippen LogP contribution >= 0.6 is 0 Å². The van der Waals surface area contributed by atoms with Crippen LogP contribution < -0.4 is 4.74 Å². The van der Waals surface area contributed by atoms with Crippen molar-refractivity contribution in [2.24, 2.45) is 0 Å². The number of carbonyl (C=O) groups is 1. The fourth-order valence-corrected chi connectivity index (χ4v) is 2.33. The maximum atomic E-state index is 11.6. The zero-order valence-corrected chi connectivity index (χ0v) is 12.7. The molecule has 0 aliphatic rings. The molecule has 0 bridgehead atoms. The summed E-state index contributed by atoms with van der Waals surface area (Å²) in [5, 5.41) is 8.45. The Morgan fingerprint density at radius 2 is 1.55 bits per heavy atom. The van der Waals surface area contributed by atoms with Gasteiger partial charge in [-0.05, 0) is 41.7 Å². The number of benzene rings is 2. The molecule has 0 amide bonds. The SMILES string of the molecule is CCCC(=O)Cc1ccc(Cc2ccc(OC#N)cc2)cc1. The van der Waals surface area contributed by atoms with Crippen molar-refractivity contribution in [1.82, 2.24) is 0 Å². The summed E-state index contributed by atoms with van der Waals surface area (Å²) in [6.45, 7) is 2.02. The van der Waals surface area contributed by atoms with E-state index in [1.165, 1.54) is 5.56 Å². The molecule has 0 radical (unpaired) electrons. The molecule has 0 N–H and O–H groups in total. The molecule has 0 aliphatic heterocycles. The highest BCUT2D eigenvalue weighted by Crippen LogP contribution is 2.16. The van der Waals surface area contributed by atoms with Crippen LogP contribution in [-0.4, -0.2) is 5.78 Å². The lowest BCUT2D eigenvalue weighted by Crippen LogP contribution is -2.01. The fraction of sp³-hybridized carbons (Fsp3) is 0.263. The second-order valence-corrected chi connectivity index (χ2v) is 5.30. The zero-order valence-electron chi connectivity index (χ0n) is 12.7. The zero-order chi connectivity index (χ0) is 15.8. The van der Waals surface area contributed by atoms with Gasteiger partial charge in [-0.2, -0.15) is 0 Å². The molecule has 3 heteroatoms. The van der Waals surface area contributed by atoms with Crippen LogP contribution in [-0.2, 0) is 17.6 Å². The number of ether oxygens (including phenoxy) is 1. The monoisotopic (exact) mass is 293 g/mol. The first-order valence-electron chi connectivity index (χ1n) is 7.45. The number of rotatable bonds is 7. The quantitative estimate of drug-likeness (QED) is 0.724. The van der Waals surface area contributed by atoms with Gasteiger partial charge in [-0.3, -0.25) is 4.79 Å². The van der Waals surface area contributed by atoms with Crippen LogP contribution in [0.1, 0.15) is 36.5 Å². The first-order valence-corrected chi connectivity index (χ1v) is 7.45. The summed E-state index contributed by atoms with van der Waals surface area (Å²) >= 11 is 0. The van der Waals surface area contributed by atoms with Crippen LogP contribution in [0.15, 0.2) is 48.5 Å². The molecule has 0 aliphatic carbocycles. The lowest BCUT2D eigenvalue weighted by atomic mass is 10.0. The number of nitriles is 1. The van der Waals surface area contributed by atoms with E-state index in [0.717, 1.165) is 24.0 Å². The number of carbonyl (C=O) groups excluding carboxylic acids is 1. The van der Waals surface area contributed by atoms with Gasteiger partial charge in [-0.1, -0.05) is 43.3 Å². The Morgan fingerprint density at radius 3 is 2.09 bits per heavy atom. The third-order valence-electron chi connectivity index (χ3n) is 3.45. The molecule has 0 saturated heterocycles. The molecule has 0 saturated carbocycles. The minimum atomic E-state index is 0.295. The van der Waals surface area contributed by atoms with Crippen molar-refractivity contribution in [2.45, 2.75) is 32.6 Å². The Bertz CT molecular complexity index is 651. The Morgan fingerprint density at radius 1 is 1.00 bits per heavy atom. The Labute approximate surface area is 131 Å². The molecule has 112 valence electrons. The van der Waals surface area contributed by atoms with E-state index in [1.54, 1.807) is 18.4 Å². The topological polar surface area (TPSA) is 50.1 Å². The predicted molar refractivity (Wildman–Crippen MR) is 85.6 cm³/mol. The molecule has 2 rings (SSSR count). The highest BCUT2D eigenvalue weighted by molar-refractivity contribution is 5.80. The van der Waals surface area contributed by atoms with Crippen molar-refractivity contribution in [3.63, 3.8) is 0 Å². The molecule has 0 unspecified atom stereocenters. The molecule has 0 aromatic heterocycles. The van der Waals surface area contributed by atoms with Crippen LogP contribution in [0.4, 0.5) is 0 Å². The van der Waals surface area contributed by atoms with E-state index in [4.69, 9.17) is 10.00 Å². The first kappa shape index (κ1) is 15.8. The average molecular weight is 293 g/mol. The van der Waals surface area contributed by atoms with Crippen molar-refractivity contribution in [2.75, 3.05) is 0 Å². The predicted octanol–water partition coefficient (Wildman–Crippen LogP) is 4.05. The van der Waals surface area contributed by atoms with Gasteiger partial charge >= 0.3 is 0 Å². The van der Waals surface area contributed by atoms with Crippen LogP contribution in [0, 0.1) is 11.5 Å². The van der Waals surface area contributed by atoms with Gasteiger partial charge in [0, 0.05) is 12.8 Å². The summed E-state index contributed by atoms with van der Waals surface area (Å²) in [5.41, 5.74) is 3.42. The van der Waals surface area contributed by atoms with Gasteiger partial charge in [0.05, 0.1) is 0 Å². The third-order valence-corrected chi connectivity index (χ3v) is 3.45. The molecular formula is C19H19NO2. The van der Waals surface area contributed by atoms with Gasteiger partial charge in [0.15, 0.2) is 0 Å². The molecule has 0 heterocycles. The summed E-state index contributed by atoms with van der Waals surface area (Å²) in [6, 6.07) is 15.7. The minimum Gasteiger partial charge on any atom is -0.388 e. The van der Waals surface area contributed by atoms with E-state index in [1.807, 2.05) is 31.2 Å². The summed E-state index contributed by atoms with van der Waals surface area (Å²) < 4.78 is 4.76. The Hall–Kier alpha value is -2.60. The number of Topliss-reactive ketones (excluding diaryl/α,β-unsaturated/α-hetero) is 1. The molecule has 3 nitrogen and oxygen atoms in total. The standard InChI is InChI=1S/C19H19NO2/c1-2-3-18(21)13-17-6-4-15(5-7-17)12-16-8-10-19(11-9-16)22-14-20/h4-11H,2-3,12-13H2,1H3. The van der Waals surface area contributed by atoms with Crippen molar-refractivity contribution in [3.8, 4) is 12.0 Å². The Kier molecular flexibility index (Phi) is 5.73. The third kappa shape index (κ3) is 4.75. The minimum absolute atomic E-state index is 0.295. The average Bonchev–Trinajstić information content (AvgIpc) is 2.52. The van der Waals surface area contributed by atoms with Gasteiger partial charge in [0.1, 0.15) is 11.5 Å². The molecule has 0 spiro atoms. The molecule has 2 aromatic carbocycles. The summed E-state index contributed by atoms with van der Waals surface area (Å²) in [4.78, 5) is 11.6. The molecular weight excluding hydrogens is 274 g/mol. The second-order valence-electron chi connectivity index (χ2n) is 5.30. The highest BCUT2D eigenvalue weighted by Gasteiger charge is 2.03. The van der Waals surface area contributed by atoms with E-state index < -0.39 is 0 Å². The van der Waals surface area contributed by atoms with Crippen LogP contribution in [0.2, 0.25) is 0 Å². The molecule has 0 atom stereocenters.